The van der Waals surface area contributed by atoms with Crippen LogP contribution in [0.3, 0.4) is 0 Å². The van der Waals surface area contributed by atoms with Crippen LogP contribution in [0.15, 0.2) is 42.7 Å². The van der Waals surface area contributed by atoms with Crippen molar-refractivity contribution in [1.29, 1.82) is 0 Å². The number of benzene rings is 1. The number of aromatic nitrogens is 1. The normalized spacial score (nSPS) is 10.1. The molecule has 1 aromatic heterocycles. The lowest BCUT2D eigenvalue weighted by atomic mass is 10.1. The van der Waals surface area contributed by atoms with Crippen LogP contribution in [-0.2, 0) is 0 Å². The number of hydrogen-bond acceptors (Lipinski definition) is 4. The second-order valence-electron chi connectivity index (χ2n) is 3.77. The molecule has 18 heavy (non-hydrogen) atoms. The minimum absolute atomic E-state index is 0.0874. The van der Waals surface area contributed by atoms with E-state index in [-0.39, 0.29) is 23.0 Å². The summed E-state index contributed by atoms with van der Waals surface area (Å²) >= 11 is 0. The third-order valence-corrected chi connectivity index (χ3v) is 2.57. The van der Waals surface area contributed by atoms with Crippen LogP contribution in [0.2, 0.25) is 0 Å². The Kier molecular flexibility index (Phi) is 3.14. The number of nitrogens with zero attached hydrogens (tertiary/aromatic N) is 2. The van der Waals surface area contributed by atoms with Crippen LogP contribution in [0.1, 0.15) is 10.4 Å². The average Bonchev–Trinajstić information content (AvgIpc) is 2.38. The first kappa shape index (κ1) is 11.9. The van der Waals surface area contributed by atoms with Crippen molar-refractivity contribution in [3.63, 3.8) is 0 Å². The number of amides is 1. The monoisotopic (exact) mass is 244 g/mol. The number of aromatic hydroxyl groups is 2. The third kappa shape index (κ3) is 2.24. The molecule has 1 heterocycles. The van der Waals surface area contributed by atoms with E-state index in [0.717, 1.165) is 6.07 Å². The van der Waals surface area contributed by atoms with Crippen molar-refractivity contribution < 1.29 is 15.0 Å². The summed E-state index contributed by atoms with van der Waals surface area (Å²) in [6.45, 7) is 0. The van der Waals surface area contributed by atoms with Gasteiger partial charge in [-0.15, -0.1) is 0 Å². The van der Waals surface area contributed by atoms with Gasteiger partial charge in [-0.25, -0.2) is 0 Å². The first-order valence-corrected chi connectivity index (χ1v) is 5.29. The Morgan fingerprint density at radius 3 is 2.44 bits per heavy atom. The Balaban J connectivity index is 2.32. The third-order valence-electron chi connectivity index (χ3n) is 2.57. The Morgan fingerprint density at radius 1 is 1.17 bits per heavy atom. The van der Waals surface area contributed by atoms with Crippen molar-refractivity contribution in [3.8, 4) is 11.5 Å². The smallest absolute Gasteiger partial charge is 0.261 e. The molecule has 0 spiro atoms. The molecule has 1 aromatic carbocycles. The molecule has 0 saturated heterocycles. The van der Waals surface area contributed by atoms with Crippen LogP contribution in [0.4, 0.5) is 5.69 Å². The predicted molar refractivity (Wildman–Crippen MR) is 66.7 cm³/mol. The molecule has 0 atom stereocenters. The molecule has 0 unspecified atom stereocenters. The fraction of sp³-hybridized carbons (Fsp3) is 0.0769. The number of pyridine rings is 1. The Bertz CT molecular complexity index is 570. The fourth-order valence-electron chi connectivity index (χ4n) is 1.57. The van der Waals surface area contributed by atoms with Gasteiger partial charge in [0.2, 0.25) is 0 Å². The van der Waals surface area contributed by atoms with Crippen LogP contribution in [0.5, 0.6) is 11.5 Å². The van der Waals surface area contributed by atoms with Crippen LogP contribution in [0.25, 0.3) is 0 Å². The molecule has 92 valence electrons. The van der Waals surface area contributed by atoms with E-state index in [1.165, 1.54) is 17.0 Å². The first-order valence-electron chi connectivity index (χ1n) is 5.29. The maximum absolute atomic E-state index is 12.1. The van der Waals surface area contributed by atoms with Gasteiger partial charge in [0.25, 0.3) is 5.91 Å². The largest absolute Gasteiger partial charge is 0.508 e. The molecule has 2 aromatic rings. The van der Waals surface area contributed by atoms with E-state index in [1.54, 1.807) is 31.6 Å². The van der Waals surface area contributed by atoms with Gasteiger partial charge in [0.05, 0.1) is 5.56 Å². The SMILES string of the molecule is CN(C(=O)c1ccc(O)cc1O)c1ccncc1. The first-order chi connectivity index (χ1) is 8.59. The highest BCUT2D eigenvalue weighted by molar-refractivity contribution is 6.07. The Morgan fingerprint density at radius 2 is 1.83 bits per heavy atom. The van der Waals surface area contributed by atoms with Crippen LogP contribution < -0.4 is 4.90 Å². The second kappa shape index (κ2) is 4.75. The Labute approximate surface area is 104 Å². The fourth-order valence-corrected chi connectivity index (χ4v) is 1.57. The summed E-state index contributed by atoms with van der Waals surface area (Å²) in [5.74, 6) is -0.699. The van der Waals surface area contributed by atoms with Gasteiger partial charge in [-0.3, -0.25) is 9.78 Å². The molecule has 2 rings (SSSR count). The van der Waals surface area contributed by atoms with E-state index >= 15 is 0 Å². The number of hydrogen-bond donors (Lipinski definition) is 2. The van der Waals surface area contributed by atoms with E-state index in [4.69, 9.17) is 0 Å². The van der Waals surface area contributed by atoms with Crippen LogP contribution >= 0.6 is 0 Å². The zero-order chi connectivity index (χ0) is 13.1. The zero-order valence-electron chi connectivity index (χ0n) is 9.74. The minimum atomic E-state index is -0.362. The topological polar surface area (TPSA) is 73.7 Å². The van der Waals surface area contributed by atoms with Gasteiger partial charge in [-0.05, 0) is 24.3 Å². The highest BCUT2D eigenvalue weighted by Gasteiger charge is 2.17. The van der Waals surface area contributed by atoms with E-state index < -0.39 is 0 Å². The van der Waals surface area contributed by atoms with Crippen molar-refractivity contribution in [2.75, 3.05) is 11.9 Å². The standard InChI is InChI=1S/C13H12N2O3/c1-15(9-4-6-14-7-5-9)13(18)11-3-2-10(16)8-12(11)17/h2-8,16-17H,1H3. The lowest BCUT2D eigenvalue weighted by Crippen LogP contribution is -2.26. The molecule has 0 radical (unpaired) electrons. The molecule has 2 N–H and O–H groups in total. The molecular weight excluding hydrogens is 232 g/mol. The molecule has 0 aliphatic rings. The van der Waals surface area contributed by atoms with Gasteiger partial charge in [-0.2, -0.15) is 0 Å². The summed E-state index contributed by atoms with van der Waals surface area (Å²) in [6, 6.07) is 7.25. The number of rotatable bonds is 2. The molecule has 5 nitrogen and oxygen atoms in total. The number of carbonyl (C=O) groups excluding carboxylic acids is 1. The van der Waals surface area contributed by atoms with Crippen LogP contribution in [0, 0.1) is 0 Å². The summed E-state index contributed by atoms with van der Waals surface area (Å²) in [5.41, 5.74) is 0.801. The molecule has 1 amide bonds. The molecule has 0 aliphatic heterocycles. The summed E-state index contributed by atoms with van der Waals surface area (Å²) in [6.07, 6.45) is 3.16. The van der Waals surface area contributed by atoms with Crippen molar-refractivity contribution in [3.05, 3.63) is 48.3 Å². The quantitative estimate of drug-likeness (QED) is 0.844. The maximum Gasteiger partial charge on any atom is 0.261 e. The van der Waals surface area contributed by atoms with Gasteiger partial charge in [0.15, 0.2) is 0 Å². The maximum atomic E-state index is 12.1. The van der Waals surface area contributed by atoms with Crippen molar-refractivity contribution in [2.45, 2.75) is 0 Å². The Hall–Kier alpha value is -2.56. The zero-order valence-corrected chi connectivity index (χ0v) is 9.74. The van der Waals surface area contributed by atoms with E-state index in [0.29, 0.717) is 5.69 Å². The molecule has 0 aliphatic carbocycles. The molecule has 5 heteroatoms. The van der Waals surface area contributed by atoms with Gasteiger partial charge in [0.1, 0.15) is 11.5 Å². The lowest BCUT2D eigenvalue weighted by molar-refractivity contribution is 0.0990. The molecule has 0 fully saturated rings. The lowest BCUT2D eigenvalue weighted by Gasteiger charge is -2.17. The van der Waals surface area contributed by atoms with E-state index in [9.17, 15) is 15.0 Å². The highest BCUT2D eigenvalue weighted by atomic mass is 16.3. The predicted octanol–water partition coefficient (Wildman–Crippen LogP) is 1.77. The summed E-state index contributed by atoms with van der Waals surface area (Å²) in [7, 11) is 1.60. The van der Waals surface area contributed by atoms with Gasteiger partial charge < -0.3 is 15.1 Å². The summed E-state index contributed by atoms with van der Waals surface area (Å²) in [4.78, 5) is 17.4. The van der Waals surface area contributed by atoms with Crippen molar-refractivity contribution in [2.24, 2.45) is 0 Å². The second-order valence-corrected chi connectivity index (χ2v) is 3.77. The van der Waals surface area contributed by atoms with Gasteiger partial charge in [0, 0.05) is 31.2 Å². The van der Waals surface area contributed by atoms with E-state index in [2.05, 4.69) is 4.98 Å². The van der Waals surface area contributed by atoms with Crippen molar-refractivity contribution in [1.82, 2.24) is 4.98 Å². The molecular formula is C13H12N2O3. The number of phenols is 2. The van der Waals surface area contributed by atoms with Crippen LogP contribution in [-0.4, -0.2) is 28.2 Å². The van der Waals surface area contributed by atoms with Gasteiger partial charge >= 0.3 is 0 Å². The van der Waals surface area contributed by atoms with E-state index in [1.807, 2.05) is 0 Å². The highest BCUT2D eigenvalue weighted by Crippen LogP contribution is 2.25. The summed E-state index contributed by atoms with van der Waals surface area (Å²) < 4.78 is 0. The number of carbonyl (C=O) groups is 1. The van der Waals surface area contributed by atoms with Crippen molar-refractivity contribution >= 4 is 11.6 Å². The molecule has 0 bridgehead atoms. The van der Waals surface area contributed by atoms with Gasteiger partial charge in [-0.1, -0.05) is 0 Å². The molecule has 0 saturated carbocycles. The number of phenolic OH excluding ortho intramolecular Hbond substituents is 2. The average molecular weight is 244 g/mol. The summed E-state index contributed by atoms with van der Waals surface area (Å²) in [5, 5.41) is 18.8. The number of anilines is 1. The minimum Gasteiger partial charge on any atom is -0.508 e.